The fourth-order valence-corrected chi connectivity index (χ4v) is 2.70. The standard InChI is InChI=1S/C19H37N7O5/c1-10(2)8-12(20)16(28)24-9-14(27)26-15(11(3)4)17(29)25-13(18(30)31)6-5-7-23-19(21)22/h10-13,15H,5-9,20H2,1-4H3,(H,24,28)(H,25,29)(H,26,27)(H,30,31)(H4,21,22,23). The Kier molecular flexibility index (Phi) is 12.9. The number of nitrogens with two attached hydrogens (primary N) is 3. The third kappa shape index (κ3) is 12.4. The zero-order valence-corrected chi connectivity index (χ0v) is 18.7. The first-order chi connectivity index (χ1) is 14.3. The van der Waals surface area contributed by atoms with Gasteiger partial charge in [0.2, 0.25) is 17.7 Å². The van der Waals surface area contributed by atoms with Crippen LogP contribution >= 0.6 is 0 Å². The maximum absolute atomic E-state index is 12.6. The summed E-state index contributed by atoms with van der Waals surface area (Å²) in [7, 11) is 0. The van der Waals surface area contributed by atoms with Crippen LogP contribution in [-0.2, 0) is 19.2 Å². The van der Waals surface area contributed by atoms with Crippen molar-refractivity contribution in [2.24, 2.45) is 34.0 Å². The predicted octanol–water partition coefficient (Wildman–Crippen LogP) is -1.76. The molecule has 12 nitrogen and oxygen atoms in total. The topological polar surface area (TPSA) is 215 Å². The van der Waals surface area contributed by atoms with Gasteiger partial charge in [0.25, 0.3) is 0 Å². The van der Waals surface area contributed by atoms with Gasteiger partial charge < -0.3 is 38.3 Å². The minimum Gasteiger partial charge on any atom is -0.480 e. The van der Waals surface area contributed by atoms with Crippen molar-refractivity contribution < 1.29 is 24.3 Å². The fourth-order valence-electron chi connectivity index (χ4n) is 2.70. The average molecular weight is 444 g/mol. The highest BCUT2D eigenvalue weighted by molar-refractivity contribution is 5.92. The molecule has 3 unspecified atom stereocenters. The van der Waals surface area contributed by atoms with Crippen LogP contribution in [0.25, 0.3) is 0 Å². The third-order valence-electron chi connectivity index (χ3n) is 4.31. The second-order valence-electron chi connectivity index (χ2n) is 8.09. The number of amides is 3. The number of hydrogen-bond donors (Lipinski definition) is 7. The van der Waals surface area contributed by atoms with Gasteiger partial charge in [-0.15, -0.1) is 0 Å². The van der Waals surface area contributed by atoms with Crippen LogP contribution in [0.4, 0.5) is 0 Å². The number of guanidine groups is 1. The number of carbonyl (C=O) groups is 4. The molecule has 0 saturated carbocycles. The summed E-state index contributed by atoms with van der Waals surface area (Å²) >= 11 is 0. The summed E-state index contributed by atoms with van der Waals surface area (Å²) in [5.41, 5.74) is 16.2. The van der Waals surface area contributed by atoms with Crippen molar-refractivity contribution in [1.82, 2.24) is 16.0 Å². The third-order valence-corrected chi connectivity index (χ3v) is 4.31. The van der Waals surface area contributed by atoms with E-state index in [9.17, 15) is 24.3 Å². The highest BCUT2D eigenvalue weighted by Gasteiger charge is 2.28. The Morgan fingerprint density at radius 1 is 1.00 bits per heavy atom. The molecule has 0 aliphatic rings. The van der Waals surface area contributed by atoms with Crippen LogP contribution in [0.3, 0.4) is 0 Å². The van der Waals surface area contributed by atoms with Crippen LogP contribution in [0.2, 0.25) is 0 Å². The minimum atomic E-state index is -1.21. The van der Waals surface area contributed by atoms with Gasteiger partial charge in [0.05, 0.1) is 12.6 Å². The lowest BCUT2D eigenvalue weighted by Gasteiger charge is -2.24. The molecule has 3 atom stereocenters. The molecule has 178 valence electrons. The number of carboxylic acids is 1. The van der Waals surface area contributed by atoms with E-state index < -0.39 is 41.8 Å². The van der Waals surface area contributed by atoms with Gasteiger partial charge in [0.15, 0.2) is 5.96 Å². The first-order valence-corrected chi connectivity index (χ1v) is 10.3. The zero-order chi connectivity index (χ0) is 24.1. The van der Waals surface area contributed by atoms with E-state index in [-0.39, 0.29) is 37.3 Å². The van der Waals surface area contributed by atoms with E-state index in [4.69, 9.17) is 17.2 Å². The Bertz CT molecular complexity index is 648. The second-order valence-corrected chi connectivity index (χ2v) is 8.09. The van der Waals surface area contributed by atoms with Crippen molar-refractivity contribution in [3.8, 4) is 0 Å². The maximum Gasteiger partial charge on any atom is 0.326 e. The minimum absolute atomic E-state index is 0.101. The number of nitrogens with zero attached hydrogens (tertiary/aromatic N) is 1. The molecule has 0 fully saturated rings. The quantitative estimate of drug-likeness (QED) is 0.0924. The molecule has 0 rings (SSSR count). The zero-order valence-electron chi connectivity index (χ0n) is 18.7. The molecule has 0 heterocycles. The molecule has 0 aromatic carbocycles. The van der Waals surface area contributed by atoms with Gasteiger partial charge in [0.1, 0.15) is 12.1 Å². The average Bonchev–Trinajstić information content (AvgIpc) is 2.64. The van der Waals surface area contributed by atoms with Crippen LogP contribution < -0.4 is 33.2 Å². The van der Waals surface area contributed by atoms with Crippen LogP contribution in [0.15, 0.2) is 4.99 Å². The highest BCUT2D eigenvalue weighted by Crippen LogP contribution is 2.05. The largest absolute Gasteiger partial charge is 0.480 e. The van der Waals surface area contributed by atoms with Gasteiger partial charge in [-0.2, -0.15) is 0 Å². The van der Waals surface area contributed by atoms with Crippen molar-refractivity contribution >= 4 is 29.7 Å². The van der Waals surface area contributed by atoms with E-state index in [0.29, 0.717) is 12.8 Å². The van der Waals surface area contributed by atoms with Gasteiger partial charge in [-0.05, 0) is 31.1 Å². The van der Waals surface area contributed by atoms with Gasteiger partial charge in [-0.25, -0.2) is 4.79 Å². The van der Waals surface area contributed by atoms with Crippen LogP contribution in [0.1, 0.15) is 47.0 Å². The summed E-state index contributed by atoms with van der Waals surface area (Å²) in [4.78, 5) is 51.9. The molecular formula is C19H37N7O5. The normalized spacial score (nSPS) is 13.8. The lowest BCUT2D eigenvalue weighted by molar-refractivity contribution is -0.142. The van der Waals surface area contributed by atoms with Crippen molar-refractivity contribution in [1.29, 1.82) is 0 Å². The molecule has 0 spiro atoms. The van der Waals surface area contributed by atoms with Gasteiger partial charge in [-0.3, -0.25) is 19.4 Å². The van der Waals surface area contributed by atoms with E-state index in [1.54, 1.807) is 13.8 Å². The Labute approximate surface area is 182 Å². The van der Waals surface area contributed by atoms with Crippen molar-refractivity contribution in [3.63, 3.8) is 0 Å². The molecule has 0 bridgehead atoms. The molecule has 0 aliphatic heterocycles. The molecule has 31 heavy (non-hydrogen) atoms. The second kappa shape index (κ2) is 14.2. The SMILES string of the molecule is CC(C)CC(N)C(=O)NCC(=O)NC(C(=O)NC(CCCN=C(N)N)C(=O)O)C(C)C. The summed E-state index contributed by atoms with van der Waals surface area (Å²) in [5.74, 6) is -3.08. The Hall–Kier alpha value is -2.89. The van der Waals surface area contributed by atoms with E-state index in [1.807, 2.05) is 13.8 Å². The monoisotopic (exact) mass is 443 g/mol. The number of rotatable bonds is 14. The molecule has 12 heteroatoms. The molecule has 0 aliphatic carbocycles. The molecular weight excluding hydrogens is 406 g/mol. The summed E-state index contributed by atoms with van der Waals surface area (Å²) in [5, 5.41) is 16.7. The van der Waals surface area contributed by atoms with Crippen molar-refractivity contribution in [3.05, 3.63) is 0 Å². The lowest BCUT2D eigenvalue weighted by Crippen LogP contribution is -2.55. The molecule has 0 radical (unpaired) electrons. The van der Waals surface area contributed by atoms with Gasteiger partial charge >= 0.3 is 5.97 Å². The van der Waals surface area contributed by atoms with Crippen LogP contribution in [-0.4, -0.2) is 66.0 Å². The highest BCUT2D eigenvalue weighted by atomic mass is 16.4. The smallest absolute Gasteiger partial charge is 0.326 e. The number of aliphatic carboxylic acids is 1. The first kappa shape index (κ1) is 28.1. The lowest BCUT2D eigenvalue weighted by atomic mass is 10.0. The molecule has 0 saturated heterocycles. The van der Waals surface area contributed by atoms with Crippen LogP contribution in [0.5, 0.6) is 0 Å². The molecule has 3 amide bonds. The summed E-state index contributed by atoms with van der Waals surface area (Å²) < 4.78 is 0. The Balaban J connectivity index is 4.80. The van der Waals surface area contributed by atoms with Gasteiger partial charge in [0, 0.05) is 6.54 Å². The van der Waals surface area contributed by atoms with E-state index in [2.05, 4.69) is 20.9 Å². The van der Waals surface area contributed by atoms with E-state index >= 15 is 0 Å². The van der Waals surface area contributed by atoms with Crippen molar-refractivity contribution in [2.45, 2.75) is 65.1 Å². The molecule has 0 aromatic rings. The van der Waals surface area contributed by atoms with Gasteiger partial charge in [-0.1, -0.05) is 27.7 Å². The number of nitrogens with one attached hydrogen (secondary N) is 3. The number of carboxylic acid groups (broad SMARTS) is 1. The first-order valence-electron chi connectivity index (χ1n) is 10.3. The molecule has 10 N–H and O–H groups in total. The fraction of sp³-hybridized carbons (Fsp3) is 0.737. The van der Waals surface area contributed by atoms with E-state index in [0.717, 1.165) is 0 Å². The number of aliphatic imine (C=N–C) groups is 1. The summed E-state index contributed by atoms with van der Waals surface area (Å²) in [6, 6.07) is -2.87. The Morgan fingerprint density at radius 3 is 2.10 bits per heavy atom. The summed E-state index contributed by atoms with van der Waals surface area (Å²) in [6.07, 6.45) is 0.932. The van der Waals surface area contributed by atoms with Crippen molar-refractivity contribution in [2.75, 3.05) is 13.1 Å². The predicted molar refractivity (Wildman–Crippen MR) is 117 cm³/mol. The van der Waals surface area contributed by atoms with Crippen LogP contribution in [0, 0.1) is 11.8 Å². The van der Waals surface area contributed by atoms with E-state index in [1.165, 1.54) is 0 Å². The maximum atomic E-state index is 12.6. The number of carbonyl (C=O) groups excluding carboxylic acids is 3. The molecule has 0 aromatic heterocycles. The Morgan fingerprint density at radius 2 is 1.61 bits per heavy atom. The number of hydrogen-bond acceptors (Lipinski definition) is 6. The summed E-state index contributed by atoms with van der Waals surface area (Å²) in [6.45, 7) is 7.15.